The minimum atomic E-state index is 0.0256. The predicted octanol–water partition coefficient (Wildman–Crippen LogP) is 5.04. The van der Waals surface area contributed by atoms with Crippen molar-refractivity contribution in [2.75, 3.05) is 0 Å². The zero-order chi connectivity index (χ0) is 18.6. The number of aromatic nitrogens is 3. The van der Waals surface area contributed by atoms with Crippen LogP contribution in [0.2, 0.25) is 5.02 Å². The molecule has 0 saturated heterocycles. The van der Waals surface area contributed by atoms with Gasteiger partial charge in [-0.1, -0.05) is 41.6 Å². The van der Waals surface area contributed by atoms with Crippen LogP contribution in [0.25, 0.3) is 10.2 Å². The molecule has 3 heterocycles. The van der Waals surface area contributed by atoms with Gasteiger partial charge in [0, 0.05) is 29.7 Å². The third-order valence-corrected chi connectivity index (χ3v) is 6.35. The molecule has 27 heavy (non-hydrogen) atoms. The van der Waals surface area contributed by atoms with E-state index in [4.69, 9.17) is 16.6 Å². The van der Waals surface area contributed by atoms with Gasteiger partial charge in [0.05, 0.1) is 5.52 Å². The van der Waals surface area contributed by atoms with Crippen molar-refractivity contribution < 1.29 is 0 Å². The summed E-state index contributed by atoms with van der Waals surface area (Å²) in [6, 6.07) is 13.6. The standard InChI is InChI=1S/C20H16ClN3OS2/c21-16-5-3-14(4-6-16)7-10-24-19(25)18-17(8-11-26-18)23-20(24)27-13-15-2-1-9-22-12-15/h1-6,8-9,11-12H,7,10,13H2. The van der Waals surface area contributed by atoms with E-state index in [2.05, 4.69) is 4.98 Å². The summed E-state index contributed by atoms with van der Waals surface area (Å²) in [6.07, 6.45) is 4.34. The van der Waals surface area contributed by atoms with Gasteiger partial charge in [0.25, 0.3) is 5.56 Å². The molecule has 7 heteroatoms. The van der Waals surface area contributed by atoms with Gasteiger partial charge in [0.1, 0.15) is 4.70 Å². The SMILES string of the molecule is O=c1c2sccc2nc(SCc2cccnc2)n1CCc1ccc(Cl)cc1. The molecule has 136 valence electrons. The van der Waals surface area contributed by atoms with Crippen LogP contribution in [-0.4, -0.2) is 14.5 Å². The third kappa shape index (κ3) is 4.24. The average molecular weight is 414 g/mol. The summed E-state index contributed by atoms with van der Waals surface area (Å²) in [6.45, 7) is 0.580. The monoisotopic (exact) mass is 413 g/mol. The predicted molar refractivity (Wildman–Crippen MR) is 113 cm³/mol. The molecule has 0 bridgehead atoms. The lowest BCUT2D eigenvalue weighted by Gasteiger charge is -2.12. The second kappa shape index (κ2) is 8.25. The van der Waals surface area contributed by atoms with E-state index < -0.39 is 0 Å². The molecule has 3 aromatic heterocycles. The maximum Gasteiger partial charge on any atom is 0.272 e. The first-order chi connectivity index (χ1) is 13.2. The molecule has 0 fully saturated rings. The van der Waals surface area contributed by atoms with Gasteiger partial charge in [0.15, 0.2) is 5.16 Å². The Hall–Kier alpha value is -2.15. The van der Waals surface area contributed by atoms with Crippen molar-refractivity contribution in [1.29, 1.82) is 0 Å². The van der Waals surface area contributed by atoms with Crippen molar-refractivity contribution in [1.82, 2.24) is 14.5 Å². The summed E-state index contributed by atoms with van der Waals surface area (Å²) in [5.74, 6) is 0.719. The van der Waals surface area contributed by atoms with E-state index in [1.807, 2.05) is 54.0 Å². The van der Waals surface area contributed by atoms with E-state index >= 15 is 0 Å². The first kappa shape index (κ1) is 18.2. The number of pyridine rings is 1. The highest BCUT2D eigenvalue weighted by Crippen LogP contribution is 2.24. The largest absolute Gasteiger partial charge is 0.286 e. The summed E-state index contributed by atoms with van der Waals surface area (Å²) in [4.78, 5) is 21.9. The Morgan fingerprint density at radius 2 is 1.96 bits per heavy atom. The summed E-state index contributed by atoms with van der Waals surface area (Å²) < 4.78 is 2.49. The Labute approximate surface area is 169 Å². The molecule has 0 N–H and O–H groups in total. The number of halogens is 1. The van der Waals surface area contributed by atoms with Gasteiger partial charge < -0.3 is 0 Å². The molecule has 0 radical (unpaired) electrons. The van der Waals surface area contributed by atoms with Crippen molar-refractivity contribution in [3.05, 3.63) is 86.7 Å². The molecule has 4 nitrogen and oxygen atoms in total. The van der Waals surface area contributed by atoms with Crippen molar-refractivity contribution in [2.45, 2.75) is 23.9 Å². The maximum atomic E-state index is 13.0. The first-order valence-electron chi connectivity index (χ1n) is 8.45. The van der Waals surface area contributed by atoms with E-state index in [0.717, 1.165) is 34.0 Å². The summed E-state index contributed by atoms with van der Waals surface area (Å²) in [5.41, 5.74) is 3.03. The van der Waals surface area contributed by atoms with Gasteiger partial charge in [-0.05, 0) is 47.2 Å². The minimum Gasteiger partial charge on any atom is -0.286 e. The van der Waals surface area contributed by atoms with E-state index in [-0.39, 0.29) is 5.56 Å². The number of hydrogen-bond acceptors (Lipinski definition) is 5. The lowest BCUT2D eigenvalue weighted by atomic mass is 10.1. The van der Waals surface area contributed by atoms with Crippen molar-refractivity contribution >= 4 is 44.9 Å². The van der Waals surface area contributed by atoms with Crippen LogP contribution in [0.15, 0.2) is 70.2 Å². The quantitative estimate of drug-likeness (QED) is 0.328. The van der Waals surface area contributed by atoms with Crippen LogP contribution in [0.4, 0.5) is 0 Å². The first-order valence-corrected chi connectivity index (χ1v) is 10.7. The lowest BCUT2D eigenvalue weighted by Crippen LogP contribution is -2.23. The Balaban J connectivity index is 1.63. The molecule has 4 rings (SSSR count). The van der Waals surface area contributed by atoms with E-state index in [1.54, 1.807) is 22.5 Å². The van der Waals surface area contributed by atoms with Crippen LogP contribution in [0.5, 0.6) is 0 Å². The molecule has 0 saturated carbocycles. The number of thiophene rings is 1. The zero-order valence-electron chi connectivity index (χ0n) is 14.3. The van der Waals surface area contributed by atoms with Crippen LogP contribution in [-0.2, 0) is 18.7 Å². The fourth-order valence-corrected chi connectivity index (χ4v) is 4.62. The number of rotatable bonds is 6. The van der Waals surface area contributed by atoms with Gasteiger partial charge in [-0.2, -0.15) is 0 Å². The molecule has 0 aliphatic rings. The Bertz CT molecular complexity index is 1110. The topological polar surface area (TPSA) is 47.8 Å². The van der Waals surface area contributed by atoms with Crippen LogP contribution in [0, 0.1) is 0 Å². The number of aryl methyl sites for hydroxylation is 1. The van der Waals surface area contributed by atoms with Gasteiger partial charge in [0.2, 0.25) is 0 Å². The van der Waals surface area contributed by atoms with Crippen LogP contribution in [0.3, 0.4) is 0 Å². The second-order valence-corrected chi connectivity index (χ2v) is 8.31. The fourth-order valence-electron chi connectivity index (χ4n) is 2.75. The van der Waals surface area contributed by atoms with Gasteiger partial charge >= 0.3 is 0 Å². The smallest absolute Gasteiger partial charge is 0.272 e. The summed E-state index contributed by atoms with van der Waals surface area (Å²) in [5, 5.41) is 3.37. The molecule has 0 spiro atoms. The van der Waals surface area contributed by atoms with Crippen molar-refractivity contribution in [2.24, 2.45) is 0 Å². The molecule has 0 atom stereocenters. The average Bonchev–Trinajstić information content (AvgIpc) is 3.17. The molecule has 1 aromatic carbocycles. The second-order valence-electron chi connectivity index (χ2n) is 6.01. The number of thioether (sulfide) groups is 1. The van der Waals surface area contributed by atoms with E-state index in [0.29, 0.717) is 16.3 Å². The summed E-state index contributed by atoms with van der Waals surface area (Å²) >= 11 is 8.97. The lowest BCUT2D eigenvalue weighted by molar-refractivity contribution is 0.596. The van der Waals surface area contributed by atoms with Gasteiger partial charge in [-0.25, -0.2) is 4.98 Å². The number of hydrogen-bond donors (Lipinski definition) is 0. The van der Waals surface area contributed by atoms with Crippen molar-refractivity contribution in [3.63, 3.8) is 0 Å². The Morgan fingerprint density at radius 3 is 2.74 bits per heavy atom. The third-order valence-electron chi connectivity index (χ3n) is 4.16. The van der Waals surface area contributed by atoms with Crippen molar-refractivity contribution in [3.8, 4) is 0 Å². The highest BCUT2D eigenvalue weighted by molar-refractivity contribution is 7.98. The van der Waals surface area contributed by atoms with Crippen LogP contribution in [0.1, 0.15) is 11.1 Å². The van der Waals surface area contributed by atoms with E-state index in [1.165, 1.54) is 11.3 Å². The molecule has 0 amide bonds. The fraction of sp³-hybridized carbons (Fsp3) is 0.150. The van der Waals surface area contributed by atoms with Gasteiger partial charge in [-0.3, -0.25) is 14.3 Å². The normalized spacial score (nSPS) is 11.1. The van der Waals surface area contributed by atoms with E-state index in [9.17, 15) is 4.79 Å². The van der Waals surface area contributed by atoms with Crippen LogP contribution >= 0.6 is 34.7 Å². The number of fused-ring (bicyclic) bond motifs is 1. The zero-order valence-corrected chi connectivity index (χ0v) is 16.7. The number of benzene rings is 1. The Kier molecular flexibility index (Phi) is 5.57. The molecule has 0 unspecified atom stereocenters. The maximum absolute atomic E-state index is 13.0. The molecule has 0 aliphatic heterocycles. The Morgan fingerprint density at radius 1 is 1.11 bits per heavy atom. The highest BCUT2D eigenvalue weighted by atomic mass is 35.5. The molecule has 4 aromatic rings. The summed E-state index contributed by atoms with van der Waals surface area (Å²) in [7, 11) is 0. The number of nitrogens with zero attached hydrogens (tertiary/aromatic N) is 3. The van der Waals surface area contributed by atoms with Crippen LogP contribution < -0.4 is 5.56 Å². The minimum absolute atomic E-state index is 0.0256. The molecular formula is C20H16ClN3OS2. The molecular weight excluding hydrogens is 398 g/mol. The molecule has 0 aliphatic carbocycles. The highest BCUT2D eigenvalue weighted by Gasteiger charge is 2.13. The van der Waals surface area contributed by atoms with Gasteiger partial charge in [-0.15, -0.1) is 11.3 Å².